The number of alkyl halides is 1. The molecule has 0 bridgehead atoms. The monoisotopic (exact) mass is 268 g/mol. The molecule has 1 heteroatoms. The molecule has 0 N–H and O–H groups in total. The highest BCUT2D eigenvalue weighted by Gasteiger charge is 2.09. The molecule has 0 amide bonds. The molecule has 1 rings (SSSR count). The fraction of sp³-hybridized carbons (Fsp3) is 0.571. The summed E-state index contributed by atoms with van der Waals surface area (Å²) in [5, 5.41) is 1.14. The van der Waals surface area contributed by atoms with Crippen molar-refractivity contribution >= 4 is 15.9 Å². The summed E-state index contributed by atoms with van der Waals surface area (Å²) in [5.74, 6) is 0.773. The molecule has 84 valence electrons. The second kappa shape index (κ2) is 7.92. The second-order valence-corrected chi connectivity index (χ2v) is 4.87. The van der Waals surface area contributed by atoms with E-state index in [0.717, 1.165) is 11.2 Å². The zero-order valence-corrected chi connectivity index (χ0v) is 11.2. The maximum absolute atomic E-state index is 3.49. The van der Waals surface area contributed by atoms with Crippen LogP contribution in [0.5, 0.6) is 0 Å². The Hall–Kier alpha value is -0.300. The third-order valence-electron chi connectivity index (χ3n) is 2.84. The van der Waals surface area contributed by atoms with Crippen LogP contribution in [0.25, 0.3) is 0 Å². The molecule has 0 aliphatic heterocycles. The third-order valence-corrected chi connectivity index (χ3v) is 3.41. The maximum atomic E-state index is 3.49. The highest BCUT2D eigenvalue weighted by atomic mass is 79.9. The quantitative estimate of drug-likeness (QED) is 0.475. The Labute approximate surface area is 102 Å². The van der Waals surface area contributed by atoms with Gasteiger partial charge in [0.1, 0.15) is 0 Å². The predicted molar refractivity (Wildman–Crippen MR) is 71.7 cm³/mol. The maximum Gasteiger partial charge on any atom is 0.00313 e. The molecule has 0 nitrogen and oxygen atoms in total. The fourth-order valence-corrected chi connectivity index (χ4v) is 2.43. The molecule has 0 aromatic heterocycles. The summed E-state index contributed by atoms with van der Waals surface area (Å²) in [5.41, 5.74) is 1.52. The molecule has 0 unspecified atom stereocenters. The van der Waals surface area contributed by atoms with Crippen LogP contribution >= 0.6 is 15.9 Å². The minimum absolute atomic E-state index is 0.773. The standard InChI is InChI=1S/C14H21Br/c1-2-8-13(11-6-7-12-15)14-9-4-3-5-10-14/h3-5,9-10,13H,2,6-8,11-12H2,1H3/t13-/m0/s1. The smallest absolute Gasteiger partial charge is 0.00313 e. The van der Waals surface area contributed by atoms with Gasteiger partial charge in [0.05, 0.1) is 0 Å². The van der Waals surface area contributed by atoms with E-state index in [1.807, 2.05) is 0 Å². The number of unbranched alkanes of at least 4 members (excludes halogenated alkanes) is 1. The number of rotatable bonds is 7. The van der Waals surface area contributed by atoms with Gasteiger partial charge in [0.2, 0.25) is 0 Å². The van der Waals surface area contributed by atoms with Crippen LogP contribution in [0.2, 0.25) is 0 Å². The lowest BCUT2D eigenvalue weighted by Crippen LogP contribution is -1.98. The average Bonchev–Trinajstić information content (AvgIpc) is 2.29. The highest BCUT2D eigenvalue weighted by Crippen LogP contribution is 2.26. The fourth-order valence-electron chi connectivity index (χ4n) is 2.04. The molecule has 1 aromatic carbocycles. The van der Waals surface area contributed by atoms with Gasteiger partial charge in [-0.25, -0.2) is 0 Å². The first-order chi connectivity index (χ1) is 7.38. The molecule has 0 radical (unpaired) electrons. The van der Waals surface area contributed by atoms with Crippen LogP contribution in [0.3, 0.4) is 0 Å². The largest absolute Gasteiger partial charge is 0.0928 e. The molecule has 15 heavy (non-hydrogen) atoms. The van der Waals surface area contributed by atoms with E-state index in [-0.39, 0.29) is 0 Å². The molecular weight excluding hydrogens is 248 g/mol. The van der Waals surface area contributed by atoms with E-state index in [0.29, 0.717) is 0 Å². The van der Waals surface area contributed by atoms with E-state index >= 15 is 0 Å². The predicted octanol–water partition coefficient (Wildman–Crippen LogP) is 5.14. The molecule has 0 fully saturated rings. The Morgan fingerprint density at radius 2 is 1.80 bits per heavy atom. The van der Waals surface area contributed by atoms with E-state index in [2.05, 4.69) is 53.2 Å². The van der Waals surface area contributed by atoms with Crippen LogP contribution in [0.1, 0.15) is 50.5 Å². The van der Waals surface area contributed by atoms with Crippen LogP contribution < -0.4 is 0 Å². The molecular formula is C14H21Br. The molecule has 0 aliphatic carbocycles. The van der Waals surface area contributed by atoms with E-state index in [1.165, 1.54) is 37.7 Å². The Kier molecular flexibility index (Phi) is 6.74. The van der Waals surface area contributed by atoms with Crippen LogP contribution in [0, 0.1) is 0 Å². The van der Waals surface area contributed by atoms with Crippen LogP contribution in [0.4, 0.5) is 0 Å². The van der Waals surface area contributed by atoms with Crippen molar-refractivity contribution in [2.45, 2.75) is 44.9 Å². The van der Waals surface area contributed by atoms with Gasteiger partial charge in [-0.1, -0.05) is 66.0 Å². The van der Waals surface area contributed by atoms with Crippen LogP contribution in [0.15, 0.2) is 30.3 Å². The molecule has 0 saturated heterocycles. The minimum Gasteiger partial charge on any atom is -0.0928 e. The van der Waals surface area contributed by atoms with Crippen molar-refractivity contribution in [1.29, 1.82) is 0 Å². The molecule has 1 aromatic rings. The Morgan fingerprint density at radius 3 is 2.40 bits per heavy atom. The van der Waals surface area contributed by atoms with E-state index < -0.39 is 0 Å². The van der Waals surface area contributed by atoms with Gasteiger partial charge in [-0.15, -0.1) is 0 Å². The van der Waals surface area contributed by atoms with Gasteiger partial charge in [0.15, 0.2) is 0 Å². The summed E-state index contributed by atoms with van der Waals surface area (Å²) >= 11 is 3.49. The number of halogens is 1. The SMILES string of the molecule is CCC[C@@H](CCCCBr)c1ccccc1. The lowest BCUT2D eigenvalue weighted by atomic mass is 9.90. The molecule has 0 saturated carbocycles. The summed E-state index contributed by atoms with van der Waals surface area (Å²) < 4.78 is 0. The third kappa shape index (κ3) is 4.83. The molecule has 0 aliphatic rings. The van der Waals surface area contributed by atoms with Gasteiger partial charge in [0.25, 0.3) is 0 Å². The van der Waals surface area contributed by atoms with Crippen molar-refractivity contribution in [3.63, 3.8) is 0 Å². The van der Waals surface area contributed by atoms with Crippen molar-refractivity contribution < 1.29 is 0 Å². The summed E-state index contributed by atoms with van der Waals surface area (Å²) in [6, 6.07) is 11.0. The lowest BCUT2D eigenvalue weighted by molar-refractivity contribution is 0.543. The first-order valence-electron chi connectivity index (χ1n) is 5.99. The van der Waals surface area contributed by atoms with Crippen molar-refractivity contribution in [2.75, 3.05) is 5.33 Å². The summed E-state index contributed by atoms with van der Waals surface area (Å²) in [4.78, 5) is 0. The Morgan fingerprint density at radius 1 is 1.07 bits per heavy atom. The highest BCUT2D eigenvalue weighted by molar-refractivity contribution is 9.09. The average molecular weight is 269 g/mol. The zero-order chi connectivity index (χ0) is 10.9. The Bertz CT molecular complexity index is 243. The first kappa shape index (κ1) is 12.8. The van der Waals surface area contributed by atoms with E-state index in [4.69, 9.17) is 0 Å². The number of hydrogen-bond acceptors (Lipinski definition) is 0. The van der Waals surface area contributed by atoms with Gasteiger partial charge < -0.3 is 0 Å². The van der Waals surface area contributed by atoms with Crippen molar-refractivity contribution in [1.82, 2.24) is 0 Å². The molecule has 1 atom stereocenters. The van der Waals surface area contributed by atoms with Crippen LogP contribution in [-0.2, 0) is 0 Å². The topological polar surface area (TPSA) is 0 Å². The normalized spacial score (nSPS) is 12.7. The minimum atomic E-state index is 0.773. The van der Waals surface area contributed by atoms with Crippen LogP contribution in [-0.4, -0.2) is 5.33 Å². The summed E-state index contributed by atoms with van der Waals surface area (Å²) in [6.45, 7) is 2.28. The zero-order valence-electron chi connectivity index (χ0n) is 9.58. The lowest BCUT2D eigenvalue weighted by Gasteiger charge is -2.16. The molecule has 0 spiro atoms. The van der Waals surface area contributed by atoms with Gasteiger partial charge in [0, 0.05) is 5.33 Å². The van der Waals surface area contributed by atoms with Gasteiger partial charge >= 0.3 is 0 Å². The first-order valence-corrected chi connectivity index (χ1v) is 7.11. The van der Waals surface area contributed by atoms with Crippen molar-refractivity contribution in [3.05, 3.63) is 35.9 Å². The molecule has 0 heterocycles. The van der Waals surface area contributed by atoms with E-state index in [9.17, 15) is 0 Å². The number of benzene rings is 1. The van der Waals surface area contributed by atoms with Gasteiger partial charge in [-0.2, -0.15) is 0 Å². The Balaban J connectivity index is 2.50. The summed E-state index contributed by atoms with van der Waals surface area (Å²) in [7, 11) is 0. The number of hydrogen-bond donors (Lipinski definition) is 0. The van der Waals surface area contributed by atoms with E-state index in [1.54, 1.807) is 0 Å². The summed E-state index contributed by atoms with van der Waals surface area (Å²) in [6.07, 6.45) is 6.58. The van der Waals surface area contributed by atoms with Crippen molar-refractivity contribution in [2.24, 2.45) is 0 Å². The van der Waals surface area contributed by atoms with Crippen molar-refractivity contribution in [3.8, 4) is 0 Å². The van der Waals surface area contributed by atoms with Gasteiger partial charge in [-0.3, -0.25) is 0 Å². The van der Waals surface area contributed by atoms with Gasteiger partial charge in [-0.05, 0) is 30.7 Å². The second-order valence-electron chi connectivity index (χ2n) is 4.08.